The normalized spacial score (nSPS) is 9.41. The Hall–Kier alpha value is -3.88. The summed E-state index contributed by atoms with van der Waals surface area (Å²) in [6.45, 7) is 0.805. The van der Waals surface area contributed by atoms with Gasteiger partial charge in [-0.1, -0.05) is 7.43 Å². The number of hydrogen-bond donors (Lipinski definition) is 1. The number of rotatable bonds is 6. The molecule has 0 aromatic carbocycles. The number of halogens is 10. The van der Waals surface area contributed by atoms with Gasteiger partial charge in [-0.2, -0.15) is 42.1 Å². The number of alkyl halides is 6. The molecule has 0 aliphatic rings. The van der Waals surface area contributed by atoms with Crippen LogP contribution in [0.15, 0.2) is 24.5 Å². The van der Waals surface area contributed by atoms with Crippen LogP contribution in [0.3, 0.4) is 0 Å². The second-order valence-corrected chi connectivity index (χ2v) is 6.23. The van der Waals surface area contributed by atoms with Crippen molar-refractivity contribution in [2.45, 2.75) is 41.2 Å². The predicted molar refractivity (Wildman–Crippen MR) is 120 cm³/mol. The van der Waals surface area contributed by atoms with Crippen molar-refractivity contribution < 1.29 is 78.2 Å². The van der Waals surface area contributed by atoms with Crippen molar-refractivity contribution in [3.8, 4) is 0 Å². The Bertz CT molecular complexity index is 1000. The van der Waals surface area contributed by atoms with Gasteiger partial charge in [-0.05, 0) is 48.9 Å². The fourth-order valence-electron chi connectivity index (χ4n) is 1.96. The van der Waals surface area contributed by atoms with Crippen LogP contribution in [0.4, 0.5) is 53.8 Å². The molecule has 0 saturated heterocycles. The third kappa shape index (κ3) is 23.7. The van der Waals surface area contributed by atoms with E-state index in [2.05, 4.69) is 29.6 Å². The summed E-state index contributed by atoms with van der Waals surface area (Å²) in [5.41, 5.74) is 2.32. The van der Waals surface area contributed by atoms with E-state index in [1.807, 2.05) is 0 Å². The van der Waals surface area contributed by atoms with Gasteiger partial charge in [-0.15, -0.1) is 4.94 Å². The van der Waals surface area contributed by atoms with E-state index in [-0.39, 0.29) is 13.7 Å². The minimum atomic E-state index is -4.15. The first kappa shape index (κ1) is 44.1. The molecule has 0 spiro atoms. The first-order valence-electron chi connectivity index (χ1n) is 9.81. The molecule has 240 valence electrons. The summed E-state index contributed by atoms with van der Waals surface area (Å²) in [4.78, 5) is 26.2. The highest BCUT2D eigenvalue weighted by Crippen LogP contribution is 2.16. The van der Waals surface area contributed by atoms with Gasteiger partial charge in [-0.25, -0.2) is 27.2 Å². The Kier molecular flexibility index (Phi) is 27.0. The van der Waals surface area contributed by atoms with E-state index in [9.17, 15) is 53.8 Å². The number of carboxylic acid groups (broad SMARTS) is 1. The number of nitrogens with zero attached hydrogens (tertiary/aromatic N) is 4. The molecular weight excluding hydrogens is 598 g/mol. The van der Waals surface area contributed by atoms with E-state index in [1.165, 1.54) is 0 Å². The highest BCUT2D eigenvalue weighted by atomic mass is 19.4. The molecule has 2 aromatic heterocycles. The zero-order chi connectivity index (χ0) is 31.9. The Labute approximate surface area is 226 Å². The molecule has 0 aliphatic carbocycles. The summed E-state index contributed by atoms with van der Waals surface area (Å²) < 4.78 is 117. The van der Waals surface area contributed by atoms with Crippen molar-refractivity contribution in [1.82, 2.24) is 19.6 Å². The maximum atomic E-state index is 12.2. The van der Waals surface area contributed by atoms with Crippen LogP contribution < -0.4 is 0 Å². The van der Waals surface area contributed by atoms with Gasteiger partial charge in [0, 0.05) is 11.4 Å². The number of aromatic nitrogens is 4. The molecule has 0 aliphatic heterocycles. The van der Waals surface area contributed by atoms with Crippen LogP contribution >= 0.6 is 0 Å². The predicted octanol–water partition coefficient (Wildman–Crippen LogP) is 7.01. The lowest BCUT2D eigenvalue weighted by Gasteiger charge is -2.10. The summed E-state index contributed by atoms with van der Waals surface area (Å²) in [5, 5.41) is 15.9. The number of carbonyl (C=O) groups excluding carboxylic acids is 1. The van der Waals surface area contributed by atoms with Crippen molar-refractivity contribution in [3.63, 3.8) is 0 Å². The second-order valence-electron chi connectivity index (χ2n) is 6.23. The minimum Gasteiger partial charge on any atom is -0.465 e. The molecule has 0 amide bonds. The van der Waals surface area contributed by atoms with Crippen LogP contribution in [0.2, 0.25) is 0 Å². The lowest BCUT2D eigenvalue weighted by atomic mass is 10.4. The number of hydrogen-bond acceptors (Lipinski definition) is 8. The summed E-state index contributed by atoms with van der Waals surface area (Å²) in [6.07, 6.45) is -8.28. The lowest BCUT2D eigenvalue weighted by molar-refractivity contribution is -0.363. The van der Waals surface area contributed by atoms with Gasteiger partial charge in [0.1, 0.15) is 0 Å². The van der Waals surface area contributed by atoms with Gasteiger partial charge in [0.05, 0.1) is 11.4 Å². The highest BCUT2D eigenvalue weighted by Gasteiger charge is 2.34. The minimum absolute atomic E-state index is 0. The highest BCUT2D eigenvalue weighted by molar-refractivity contribution is 5.70. The van der Waals surface area contributed by atoms with E-state index in [0.29, 0.717) is 17.1 Å². The van der Waals surface area contributed by atoms with Crippen molar-refractivity contribution in [2.24, 2.45) is 0 Å². The third-order valence-electron chi connectivity index (χ3n) is 3.13. The first-order chi connectivity index (χ1) is 18.6. The molecule has 2 aromatic rings. The average Bonchev–Trinajstić information content (AvgIpc) is 3.41. The Morgan fingerprint density at radius 3 is 1.56 bits per heavy atom. The summed E-state index contributed by atoms with van der Waals surface area (Å²) in [5.74, 6) is 0. The third-order valence-corrected chi connectivity index (χ3v) is 3.13. The van der Waals surface area contributed by atoms with E-state index in [4.69, 9.17) is 5.11 Å². The molecule has 0 bridgehead atoms. The molecule has 2 heterocycles. The van der Waals surface area contributed by atoms with Gasteiger partial charge in [0.25, 0.3) is 0 Å². The number of ether oxygens (including phenoxy) is 2. The summed E-state index contributed by atoms with van der Waals surface area (Å²) in [7, 11) is 0. The van der Waals surface area contributed by atoms with E-state index < -0.39 is 51.6 Å². The molecule has 0 radical (unpaired) electrons. The average molecular weight is 626 g/mol. The number of aryl methyl sites for hydroxylation is 4. The fraction of sp³-hybridized carbons (Fsp3) is 0.500. The molecule has 0 atom stereocenters. The van der Waals surface area contributed by atoms with Gasteiger partial charge in [-0.3, -0.25) is 0 Å². The van der Waals surface area contributed by atoms with Crippen molar-refractivity contribution in [3.05, 3.63) is 47.3 Å². The zero-order valence-electron chi connectivity index (χ0n) is 21.0. The van der Waals surface area contributed by atoms with E-state index in [1.54, 1.807) is 39.8 Å². The van der Waals surface area contributed by atoms with Gasteiger partial charge in [0.2, 0.25) is 20.6 Å². The van der Waals surface area contributed by atoms with Gasteiger partial charge in [0.15, 0.2) is 12.9 Å². The Balaban J connectivity index is -0.000000235. The molecule has 0 unspecified atom stereocenters. The quantitative estimate of drug-likeness (QED) is 0.266. The topological polar surface area (TPSA) is 127 Å². The van der Waals surface area contributed by atoms with Crippen LogP contribution in [-0.2, 0) is 19.4 Å². The molecule has 2 rings (SSSR count). The molecule has 21 heteroatoms. The van der Waals surface area contributed by atoms with Gasteiger partial charge >= 0.3 is 24.4 Å². The largest absolute Gasteiger partial charge is 0.465 e. The zero-order valence-corrected chi connectivity index (χ0v) is 21.0. The van der Waals surface area contributed by atoms with E-state index >= 15 is 0 Å². The molecular formula is C20H28F10N4O7. The van der Waals surface area contributed by atoms with Crippen LogP contribution in [0.5, 0.6) is 0 Å². The molecule has 11 nitrogen and oxygen atoms in total. The second kappa shape index (κ2) is 25.1. The van der Waals surface area contributed by atoms with E-state index in [0.717, 1.165) is 15.1 Å². The van der Waals surface area contributed by atoms with Crippen molar-refractivity contribution in [2.75, 3.05) is 27.3 Å². The summed E-state index contributed by atoms with van der Waals surface area (Å²) in [6, 6.07) is 3.28. The number of carbonyl (C=O) groups is 2. The SMILES string of the molecule is C.Cc1cc(C)n(C(=O)O)n1.Cc1cc(C)n(C(=O)OCC(F)(F)OF)n1.FCF.FCOC=C(F)F.FCOF. The molecule has 0 fully saturated rings. The van der Waals surface area contributed by atoms with Crippen LogP contribution in [0.1, 0.15) is 30.2 Å². The van der Waals surface area contributed by atoms with Crippen LogP contribution in [0.25, 0.3) is 0 Å². The molecule has 1 N–H and O–H groups in total. The fourth-order valence-corrected chi connectivity index (χ4v) is 1.96. The van der Waals surface area contributed by atoms with Crippen LogP contribution in [-0.4, -0.2) is 70.2 Å². The lowest BCUT2D eigenvalue weighted by Crippen LogP contribution is -2.28. The maximum Gasteiger partial charge on any atom is 0.435 e. The van der Waals surface area contributed by atoms with Crippen molar-refractivity contribution >= 4 is 12.2 Å². The summed E-state index contributed by atoms with van der Waals surface area (Å²) >= 11 is 0. The van der Waals surface area contributed by atoms with Gasteiger partial charge < -0.3 is 14.6 Å². The van der Waals surface area contributed by atoms with Crippen LogP contribution in [0, 0.1) is 27.7 Å². The monoisotopic (exact) mass is 626 g/mol. The molecule has 0 saturated carbocycles. The maximum absolute atomic E-state index is 12.2. The first-order valence-corrected chi connectivity index (χ1v) is 9.81. The molecule has 41 heavy (non-hydrogen) atoms. The Morgan fingerprint density at radius 1 is 0.927 bits per heavy atom. The Morgan fingerprint density at radius 2 is 1.34 bits per heavy atom. The van der Waals surface area contributed by atoms with Crippen molar-refractivity contribution in [1.29, 1.82) is 0 Å². The smallest absolute Gasteiger partial charge is 0.435 e. The standard InChI is InChI=1S/C8H9F3N2O3.C6H8N2O2.C3H3F3O.CH2F2O.CH2F2.CH4/c1-5-3-6(2)13(12-5)7(14)15-4-8(9,10)16-11;1-4-3-5(2)8(7-4)6(9)10;4-2-7-1-3(5)6;2-1-4-3;2-1-3;/h3H,4H2,1-2H3;3H,1-2H3,(H,9,10);1H,2H2;1H2;1H2;1H4.